The monoisotopic (exact) mass is 340 g/mol. The summed E-state index contributed by atoms with van der Waals surface area (Å²) < 4.78 is 2.05. The Morgan fingerprint density at radius 2 is 1.96 bits per heavy atom. The number of aromatic nitrogens is 2. The van der Waals surface area contributed by atoms with Crippen molar-refractivity contribution in [2.45, 2.75) is 53.7 Å². The van der Waals surface area contributed by atoms with Gasteiger partial charge in [0.2, 0.25) is 6.10 Å². The van der Waals surface area contributed by atoms with E-state index >= 15 is 0 Å². The standard InChI is InChI=1S/C19H24N4O2/c1-6-23-10-16(20-14(23)5)15-9-17(25-22-15)19(24)21-18-12(3)7-11(2)8-13(18)4/h7-8,10,17H,6,9H2,1-5H3,(H,21,24). The van der Waals surface area contributed by atoms with E-state index in [4.69, 9.17) is 4.84 Å². The molecule has 1 aliphatic heterocycles. The second-order valence-corrected chi connectivity index (χ2v) is 6.56. The van der Waals surface area contributed by atoms with E-state index in [1.54, 1.807) is 0 Å². The molecule has 1 aromatic heterocycles. The van der Waals surface area contributed by atoms with Crippen LogP contribution in [-0.4, -0.2) is 27.3 Å². The minimum Gasteiger partial charge on any atom is -0.382 e. The van der Waals surface area contributed by atoms with Gasteiger partial charge in [0.15, 0.2) is 0 Å². The molecule has 0 saturated carbocycles. The lowest BCUT2D eigenvalue weighted by Gasteiger charge is -2.14. The highest BCUT2D eigenvalue weighted by molar-refractivity contribution is 6.05. The zero-order valence-corrected chi connectivity index (χ0v) is 15.4. The number of rotatable bonds is 4. The molecule has 1 unspecified atom stereocenters. The first kappa shape index (κ1) is 17.2. The maximum absolute atomic E-state index is 12.6. The number of carbonyl (C=O) groups excluding carboxylic acids is 1. The van der Waals surface area contributed by atoms with Crippen LogP contribution in [0.2, 0.25) is 0 Å². The maximum Gasteiger partial charge on any atom is 0.268 e. The predicted octanol–water partition coefficient (Wildman–Crippen LogP) is 3.27. The van der Waals surface area contributed by atoms with E-state index in [-0.39, 0.29) is 5.91 Å². The number of imidazole rings is 1. The van der Waals surface area contributed by atoms with E-state index in [9.17, 15) is 4.79 Å². The van der Waals surface area contributed by atoms with Crippen LogP contribution < -0.4 is 5.32 Å². The van der Waals surface area contributed by atoms with Crippen molar-refractivity contribution in [1.29, 1.82) is 0 Å². The summed E-state index contributed by atoms with van der Waals surface area (Å²) in [6, 6.07) is 4.11. The Labute approximate surface area is 147 Å². The van der Waals surface area contributed by atoms with Gasteiger partial charge < -0.3 is 14.7 Å². The average Bonchev–Trinajstić information content (AvgIpc) is 3.17. The van der Waals surface area contributed by atoms with Crippen LogP contribution in [0.4, 0.5) is 5.69 Å². The first-order valence-electron chi connectivity index (χ1n) is 8.54. The third-order valence-electron chi connectivity index (χ3n) is 4.50. The largest absolute Gasteiger partial charge is 0.382 e. The Balaban J connectivity index is 1.70. The Bertz CT molecular complexity index is 828. The number of carbonyl (C=O) groups is 1. The number of nitrogens with one attached hydrogen (secondary N) is 1. The molecule has 0 radical (unpaired) electrons. The molecule has 0 aliphatic carbocycles. The van der Waals surface area contributed by atoms with Gasteiger partial charge in [-0.15, -0.1) is 0 Å². The van der Waals surface area contributed by atoms with Gasteiger partial charge >= 0.3 is 0 Å². The third-order valence-corrected chi connectivity index (χ3v) is 4.50. The molecule has 1 aromatic carbocycles. The van der Waals surface area contributed by atoms with E-state index in [0.29, 0.717) is 12.1 Å². The summed E-state index contributed by atoms with van der Waals surface area (Å²) in [6.45, 7) is 10.9. The molecule has 0 bridgehead atoms. The molecule has 0 saturated heterocycles. The number of anilines is 1. The zero-order valence-electron chi connectivity index (χ0n) is 15.4. The van der Waals surface area contributed by atoms with Crippen LogP contribution in [0.15, 0.2) is 23.5 Å². The average molecular weight is 340 g/mol. The van der Waals surface area contributed by atoms with Gasteiger partial charge in [0.25, 0.3) is 5.91 Å². The lowest BCUT2D eigenvalue weighted by molar-refractivity contribution is -0.125. The van der Waals surface area contributed by atoms with Crippen LogP contribution in [-0.2, 0) is 16.2 Å². The summed E-state index contributed by atoms with van der Waals surface area (Å²) in [5.74, 6) is 0.749. The SMILES string of the molecule is CCn1cc(C2=NOC(C(=O)Nc3c(C)cc(C)cc3C)C2)nc1C. The van der Waals surface area contributed by atoms with Gasteiger partial charge in [-0.05, 0) is 45.7 Å². The van der Waals surface area contributed by atoms with Gasteiger partial charge in [0.1, 0.15) is 17.2 Å². The lowest BCUT2D eigenvalue weighted by Crippen LogP contribution is -2.28. The van der Waals surface area contributed by atoms with Crippen molar-refractivity contribution < 1.29 is 9.63 Å². The number of oxime groups is 1. The van der Waals surface area contributed by atoms with Crippen molar-refractivity contribution in [1.82, 2.24) is 9.55 Å². The Kier molecular flexibility index (Phi) is 4.61. The number of nitrogens with zero attached hydrogens (tertiary/aromatic N) is 3. The molecule has 2 aromatic rings. The molecule has 132 valence electrons. The van der Waals surface area contributed by atoms with Gasteiger partial charge in [-0.3, -0.25) is 4.79 Å². The fourth-order valence-electron chi connectivity index (χ4n) is 3.22. The molecule has 1 aliphatic rings. The van der Waals surface area contributed by atoms with Crippen LogP contribution in [0.3, 0.4) is 0 Å². The van der Waals surface area contributed by atoms with E-state index in [1.807, 2.05) is 38.5 Å². The van der Waals surface area contributed by atoms with Gasteiger partial charge in [-0.1, -0.05) is 22.9 Å². The topological polar surface area (TPSA) is 68.5 Å². The summed E-state index contributed by atoms with van der Waals surface area (Å²) >= 11 is 0. The normalized spacial score (nSPS) is 16.5. The van der Waals surface area contributed by atoms with Crippen LogP contribution >= 0.6 is 0 Å². The van der Waals surface area contributed by atoms with Crippen LogP contribution in [0, 0.1) is 27.7 Å². The minimum absolute atomic E-state index is 0.180. The van der Waals surface area contributed by atoms with Crippen molar-refractivity contribution in [3.63, 3.8) is 0 Å². The fraction of sp³-hybridized carbons (Fsp3) is 0.421. The summed E-state index contributed by atoms with van der Waals surface area (Å²) in [5.41, 5.74) is 5.60. The van der Waals surface area contributed by atoms with Crippen molar-refractivity contribution in [3.05, 3.63) is 46.5 Å². The van der Waals surface area contributed by atoms with E-state index < -0.39 is 6.10 Å². The maximum atomic E-state index is 12.6. The number of aryl methyl sites for hydroxylation is 5. The summed E-state index contributed by atoms with van der Waals surface area (Å²) in [7, 11) is 0. The second-order valence-electron chi connectivity index (χ2n) is 6.56. The van der Waals surface area contributed by atoms with Crippen molar-refractivity contribution >= 4 is 17.3 Å². The molecule has 0 spiro atoms. The van der Waals surface area contributed by atoms with Crippen molar-refractivity contribution in [2.24, 2.45) is 5.16 Å². The summed E-state index contributed by atoms with van der Waals surface area (Å²) in [4.78, 5) is 22.4. The third kappa shape index (κ3) is 3.43. The van der Waals surface area contributed by atoms with Gasteiger partial charge in [0.05, 0.1) is 0 Å². The highest BCUT2D eigenvalue weighted by atomic mass is 16.6. The first-order chi connectivity index (χ1) is 11.9. The van der Waals surface area contributed by atoms with Gasteiger partial charge in [0, 0.05) is 24.8 Å². The Hall–Kier alpha value is -2.63. The molecule has 6 heteroatoms. The van der Waals surface area contributed by atoms with E-state index in [2.05, 4.69) is 34.5 Å². The van der Waals surface area contributed by atoms with Crippen LogP contribution in [0.25, 0.3) is 0 Å². The number of hydrogen-bond acceptors (Lipinski definition) is 4. The van der Waals surface area contributed by atoms with E-state index in [1.165, 1.54) is 5.56 Å². The van der Waals surface area contributed by atoms with E-state index in [0.717, 1.165) is 34.9 Å². The molecule has 25 heavy (non-hydrogen) atoms. The molecule has 0 fully saturated rings. The molecule has 1 atom stereocenters. The molecule has 3 rings (SSSR count). The minimum atomic E-state index is -0.623. The number of hydrogen-bond donors (Lipinski definition) is 1. The Morgan fingerprint density at radius 1 is 1.28 bits per heavy atom. The first-order valence-corrected chi connectivity index (χ1v) is 8.54. The smallest absolute Gasteiger partial charge is 0.268 e. The predicted molar refractivity (Wildman–Crippen MR) is 97.9 cm³/mol. The molecular weight excluding hydrogens is 316 g/mol. The number of amides is 1. The van der Waals surface area contributed by atoms with Crippen LogP contribution in [0.5, 0.6) is 0 Å². The number of benzene rings is 1. The molecule has 1 amide bonds. The van der Waals surface area contributed by atoms with Gasteiger partial charge in [-0.2, -0.15) is 0 Å². The fourth-order valence-corrected chi connectivity index (χ4v) is 3.22. The summed E-state index contributed by atoms with van der Waals surface area (Å²) in [6.07, 6.45) is 1.75. The second kappa shape index (κ2) is 6.70. The molecule has 1 N–H and O–H groups in total. The highest BCUT2D eigenvalue weighted by Crippen LogP contribution is 2.24. The summed E-state index contributed by atoms with van der Waals surface area (Å²) in [5, 5.41) is 7.06. The molecule has 2 heterocycles. The molecule has 6 nitrogen and oxygen atoms in total. The van der Waals surface area contributed by atoms with Crippen molar-refractivity contribution in [3.8, 4) is 0 Å². The Morgan fingerprint density at radius 3 is 2.56 bits per heavy atom. The van der Waals surface area contributed by atoms with Gasteiger partial charge in [-0.25, -0.2) is 4.98 Å². The molecular formula is C19H24N4O2. The quantitative estimate of drug-likeness (QED) is 0.929. The van der Waals surface area contributed by atoms with Crippen LogP contribution in [0.1, 0.15) is 41.6 Å². The zero-order chi connectivity index (χ0) is 18.1. The highest BCUT2D eigenvalue weighted by Gasteiger charge is 2.30. The van der Waals surface area contributed by atoms with Crippen molar-refractivity contribution in [2.75, 3.05) is 5.32 Å². The lowest BCUT2D eigenvalue weighted by atomic mass is 10.0.